The number of aliphatic hydroxyl groups excluding tert-OH is 1. The van der Waals surface area contributed by atoms with Crippen molar-refractivity contribution < 1.29 is 46.8 Å². The van der Waals surface area contributed by atoms with Crippen molar-refractivity contribution >= 4 is 22.2 Å². The van der Waals surface area contributed by atoms with Crippen LogP contribution >= 0.6 is 0 Å². The maximum Gasteiger partial charge on any atom is 0.407 e. The lowest BCUT2D eigenvalue weighted by molar-refractivity contribution is -0.0907. The van der Waals surface area contributed by atoms with Crippen molar-refractivity contribution in [2.45, 2.75) is 75.9 Å². The molecule has 0 saturated carbocycles. The maximum atomic E-state index is 14.1. The lowest BCUT2D eigenvalue weighted by Crippen LogP contribution is -2.52. The number of benzene rings is 2. The van der Waals surface area contributed by atoms with Crippen LogP contribution in [-0.4, -0.2) is 101 Å². The molecule has 0 unspecified atom stereocenters. The molecule has 2 heterocycles. The second-order valence-electron chi connectivity index (χ2n) is 12.9. The van der Waals surface area contributed by atoms with Crippen LogP contribution in [0.1, 0.15) is 45.6 Å². The number of fused-ring (bicyclic) bond motifs is 1. The van der Waals surface area contributed by atoms with Gasteiger partial charge in [0.15, 0.2) is 6.29 Å². The van der Waals surface area contributed by atoms with Gasteiger partial charge in [-0.25, -0.2) is 18.0 Å². The molecule has 0 aliphatic carbocycles. The minimum atomic E-state index is -4.12. The van der Waals surface area contributed by atoms with Gasteiger partial charge >= 0.3 is 12.2 Å². The highest BCUT2D eigenvalue weighted by Gasteiger charge is 2.44. The van der Waals surface area contributed by atoms with Crippen molar-refractivity contribution in [1.82, 2.24) is 14.9 Å². The number of aliphatic hydroxyl groups is 1. The van der Waals surface area contributed by atoms with E-state index in [0.29, 0.717) is 38.2 Å². The summed E-state index contributed by atoms with van der Waals surface area (Å²) < 4.78 is 56.5. The number of nitrogens with zero attached hydrogens (tertiary/aromatic N) is 1. The molecule has 2 amide bonds. The Kier molecular flexibility index (Phi) is 13.5. The fourth-order valence-electron chi connectivity index (χ4n) is 6.00. The Labute approximate surface area is 283 Å². The van der Waals surface area contributed by atoms with Crippen molar-refractivity contribution in [2.75, 3.05) is 46.6 Å². The monoisotopic (exact) mass is 691 g/mol. The average molecular weight is 692 g/mol. The van der Waals surface area contributed by atoms with Crippen LogP contribution in [0.5, 0.6) is 5.75 Å². The van der Waals surface area contributed by atoms with Crippen LogP contribution in [0.4, 0.5) is 9.59 Å². The van der Waals surface area contributed by atoms with Gasteiger partial charge in [-0.3, -0.25) is 0 Å². The second-order valence-corrected chi connectivity index (χ2v) is 14.8. The van der Waals surface area contributed by atoms with Gasteiger partial charge in [-0.05, 0) is 67.9 Å². The summed E-state index contributed by atoms with van der Waals surface area (Å²) in [6.07, 6.45) is -1.34. The Morgan fingerprint density at radius 1 is 1.08 bits per heavy atom. The fraction of sp³-hybridized carbons (Fsp3) is 0.588. The summed E-state index contributed by atoms with van der Waals surface area (Å²) in [7, 11) is -2.62. The fourth-order valence-corrected chi connectivity index (χ4v) is 7.64. The van der Waals surface area contributed by atoms with Crippen LogP contribution in [0, 0.1) is 11.3 Å². The first-order valence-corrected chi connectivity index (χ1v) is 17.8. The molecule has 2 aliphatic heterocycles. The van der Waals surface area contributed by atoms with Gasteiger partial charge in [-0.1, -0.05) is 44.2 Å². The van der Waals surface area contributed by atoms with Crippen molar-refractivity contribution in [3.05, 3.63) is 60.2 Å². The minimum Gasteiger partial charge on any atom is -0.497 e. The third kappa shape index (κ3) is 10.5. The number of carbonyl (C=O) groups excluding carboxylic acids is 2. The Hall–Kier alpha value is -3.43. The Morgan fingerprint density at radius 3 is 2.50 bits per heavy atom. The van der Waals surface area contributed by atoms with E-state index >= 15 is 0 Å². The number of rotatable bonds is 17. The molecule has 48 heavy (non-hydrogen) atoms. The highest BCUT2D eigenvalue weighted by Crippen LogP contribution is 2.33. The van der Waals surface area contributed by atoms with Crippen molar-refractivity contribution in [2.24, 2.45) is 11.3 Å². The number of alkyl carbamates (subject to hydrolysis) is 2. The minimum absolute atomic E-state index is 0.0387. The molecule has 266 valence electrons. The maximum absolute atomic E-state index is 14.1. The SMILES string of the molecule is CCOC(=O)NCCCC(C)(C)CN(C[C@@H](O)[C@H](Cc1ccccc1)NC(=O)O[C@H]1CO[C@H]2OCC[C@H]21)S(=O)(=O)c1ccc(OC)cc1. The summed E-state index contributed by atoms with van der Waals surface area (Å²) in [6, 6.07) is 14.5. The number of methoxy groups -OCH3 is 1. The average Bonchev–Trinajstić information content (AvgIpc) is 3.68. The Bertz CT molecular complexity index is 1420. The van der Waals surface area contributed by atoms with Gasteiger partial charge < -0.3 is 39.4 Å². The third-order valence-corrected chi connectivity index (χ3v) is 10.4. The first-order valence-electron chi connectivity index (χ1n) is 16.4. The number of nitrogens with one attached hydrogen (secondary N) is 2. The van der Waals surface area contributed by atoms with E-state index < -0.39 is 52.2 Å². The smallest absolute Gasteiger partial charge is 0.407 e. The topological polar surface area (TPSA) is 162 Å². The highest BCUT2D eigenvalue weighted by molar-refractivity contribution is 7.89. The van der Waals surface area contributed by atoms with Gasteiger partial charge in [0, 0.05) is 19.6 Å². The summed E-state index contributed by atoms with van der Waals surface area (Å²) in [5.74, 6) is 0.442. The van der Waals surface area contributed by atoms with Gasteiger partial charge in [0.05, 0.1) is 49.9 Å². The zero-order valence-electron chi connectivity index (χ0n) is 28.1. The summed E-state index contributed by atoms with van der Waals surface area (Å²) in [5.41, 5.74) is 0.286. The molecule has 3 N–H and O–H groups in total. The zero-order chi connectivity index (χ0) is 34.7. The first-order chi connectivity index (χ1) is 22.9. The normalized spacial score (nSPS) is 20.5. The van der Waals surface area contributed by atoms with Crippen molar-refractivity contribution in [3.63, 3.8) is 0 Å². The Balaban J connectivity index is 1.53. The van der Waals surface area contributed by atoms with Gasteiger partial charge in [0.25, 0.3) is 0 Å². The highest BCUT2D eigenvalue weighted by atomic mass is 32.2. The van der Waals surface area contributed by atoms with E-state index in [1.165, 1.54) is 23.5 Å². The van der Waals surface area contributed by atoms with E-state index in [2.05, 4.69) is 10.6 Å². The lowest BCUT2D eigenvalue weighted by atomic mass is 9.87. The molecule has 2 aromatic carbocycles. The molecule has 0 spiro atoms. The summed E-state index contributed by atoms with van der Waals surface area (Å²) in [6.45, 7) is 6.71. The lowest BCUT2D eigenvalue weighted by Gasteiger charge is -2.35. The van der Waals surface area contributed by atoms with Crippen LogP contribution < -0.4 is 15.4 Å². The van der Waals surface area contributed by atoms with Crippen LogP contribution in [0.3, 0.4) is 0 Å². The molecule has 0 aromatic heterocycles. The second kappa shape index (κ2) is 17.3. The molecule has 13 nitrogen and oxygen atoms in total. The van der Waals surface area contributed by atoms with E-state index in [4.69, 9.17) is 23.7 Å². The molecule has 4 rings (SSSR count). The molecular formula is C34H49N3O10S. The van der Waals surface area contributed by atoms with Crippen molar-refractivity contribution in [1.29, 1.82) is 0 Å². The first kappa shape index (κ1) is 37.4. The van der Waals surface area contributed by atoms with E-state index in [1.807, 2.05) is 44.2 Å². The third-order valence-electron chi connectivity index (χ3n) is 8.58. The largest absolute Gasteiger partial charge is 0.497 e. The van der Waals surface area contributed by atoms with Gasteiger partial charge in [-0.15, -0.1) is 0 Å². The molecular weight excluding hydrogens is 642 g/mol. The summed E-state index contributed by atoms with van der Waals surface area (Å²) >= 11 is 0. The number of amides is 2. The Morgan fingerprint density at radius 2 is 1.81 bits per heavy atom. The molecule has 2 aromatic rings. The van der Waals surface area contributed by atoms with Crippen LogP contribution in [0.2, 0.25) is 0 Å². The molecule has 2 fully saturated rings. The van der Waals surface area contributed by atoms with Crippen LogP contribution in [0.25, 0.3) is 0 Å². The van der Waals surface area contributed by atoms with E-state index in [9.17, 15) is 23.1 Å². The van der Waals surface area contributed by atoms with Gasteiger partial charge in [0.2, 0.25) is 10.0 Å². The standard InChI is InChI=1S/C34H49N3O10S/c1-5-44-32(39)35-18-9-17-34(2,3)23-37(48(41,42)26-14-12-25(43-4)13-15-26)21-29(38)28(20-24-10-7-6-8-11-24)36-33(40)47-30-22-46-31-27(30)16-19-45-31/h6-8,10-15,27-31,38H,5,9,16-23H2,1-4H3,(H,35,39)(H,36,40)/t27-,28-,29+,30-,31+/m0/s1. The van der Waals surface area contributed by atoms with Crippen LogP contribution in [-0.2, 0) is 35.4 Å². The van der Waals surface area contributed by atoms with Gasteiger partial charge in [-0.2, -0.15) is 4.31 Å². The van der Waals surface area contributed by atoms with E-state index in [1.54, 1.807) is 19.1 Å². The summed E-state index contributed by atoms with van der Waals surface area (Å²) in [5, 5.41) is 17.2. The molecule has 0 radical (unpaired) electrons. The van der Waals surface area contributed by atoms with Crippen molar-refractivity contribution in [3.8, 4) is 5.75 Å². The number of ether oxygens (including phenoxy) is 5. The predicted molar refractivity (Wildman–Crippen MR) is 177 cm³/mol. The number of sulfonamides is 1. The molecule has 0 bridgehead atoms. The molecule has 5 atom stereocenters. The summed E-state index contributed by atoms with van der Waals surface area (Å²) in [4.78, 5) is 24.9. The molecule has 2 aliphatic rings. The predicted octanol–water partition coefficient (Wildman–Crippen LogP) is 3.70. The number of carbonyl (C=O) groups is 2. The molecule has 14 heteroatoms. The number of hydrogen-bond acceptors (Lipinski definition) is 10. The zero-order valence-corrected chi connectivity index (χ0v) is 28.9. The van der Waals surface area contributed by atoms with Crippen LogP contribution in [0.15, 0.2) is 59.5 Å². The van der Waals surface area contributed by atoms with E-state index in [-0.39, 0.29) is 43.5 Å². The van der Waals surface area contributed by atoms with Gasteiger partial charge in [0.1, 0.15) is 11.9 Å². The molecule has 2 saturated heterocycles. The van der Waals surface area contributed by atoms with E-state index in [0.717, 1.165) is 5.56 Å². The number of hydrogen-bond donors (Lipinski definition) is 3. The quantitative estimate of drug-likeness (QED) is 0.209.